The molecule has 106 valence electrons. The van der Waals surface area contributed by atoms with Crippen molar-refractivity contribution in [2.24, 2.45) is 0 Å². The summed E-state index contributed by atoms with van der Waals surface area (Å²) < 4.78 is 5.15. The molecule has 0 spiro atoms. The Hall–Kier alpha value is -2.30. The van der Waals surface area contributed by atoms with Crippen molar-refractivity contribution in [1.29, 1.82) is 0 Å². The number of ether oxygens (including phenoxy) is 1. The number of nitrogens with zero attached hydrogens (tertiary/aromatic N) is 1. The minimum absolute atomic E-state index is 0.154. The maximum Gasteiger partial charge on any atom is 0.407 e. The predicted molar refractivity (Wildman–Crippen MR) is 76.5 cm³/mol. The average molecular weight is 274 g/mol. The molecule has 1 aromatic heterocycles. The Morgan fingerprint density at radius 2 is 2.10 bits per heavy atom. The average Bonchev–Trinajstić information content (AvgIpc) is 2.36. The first-order valence-corrected chi connectivity index (χ1v) is 6.38. The van der Waals surface area contributed by atoms with Crippen LogP contribution in [0.5, 0.6) is 5.75 Å². The van der Waals surface area contributed by atoms with Gasteiger partial charge in [-0.3, -0.25) is 4.98 Å². The van der Waals surface area contributed by atoms with E-state index in [1.54, 1.807) is 45.3 Å². The minimum atomic E-state index is -0.540. The molecule has 5 heteroatoms. The van der Waals surface area contributed by atoms with Gasteiger partial charge in [-0.2, -0.15) is 0 Å². The first-order valence-electron chi connectivity index (χ1n) is 6.38. The molecule has 0 saturated carbocycles. The van der Waals surface area contributed by atoms with E-state index in [2.05, 4.69) is 10.3 Å². The van der Waals surface area contributed by atoms with E-state index in [0.717, 1.165) is 5.39 Å². The number of hydrogen-bond donors (Lipinski definition) is 2. The third-order valence-electron chi connectivity index (χ3n) is 2.70. The highest BCUT2D eigenvalue weighted by Crippen LogP contribution is 2.27. The lowest BCUT2D eigenvalue weighted by atomic mass is 10.1. The Morgan fingerprint density at radius 1 is 1.35 bits per heavy atom. The molecule has 1 heterocycles. The largest absolute Gasteiger partial charge is 0.507 e. The second-order valence-electron chi connectivity index (χ2n) is 5.53. The van der Waals surface area contributed by atoms with Crippen LogP contribution >= 0.6 is 0 Å². The van der Waals surface area contributed by atoms with Gasteiger partial charge in [-0.05, 0) is 26.8 Å². The Labute approximate surface area is 117 Å². The fourth-order valence-corrected chi connectivity index (χ4v) is 1.82. The number of benzene rings is 1. The second kappa shape index (κ2) is 5.36. The quantitative estimate of drug-likeness (QED) is 0.883. The van der Waals surface area contributed by atoms with Crippen LogP contribution in [0.15, 0.2) is 30.6 Å². The van der Waals surface area contributed by atoms with Crippen molar-refractivity contribution in [3.8, 4) is 5.75 Å². The number of aromatic nitrogens is 1. The molecule has 0 radical (unpaired) electrons. The molecule has 2 rings (SSSR count). The van der Waals surface area contributed by atoms with Crippen LogP contribution in [0.4, 0.5) is 4.79 Å². The summed E-state index contributed by atoms with van der Waals surface area (Å²) in [5.74, 6) is 0.154. The first-order chi connectivity index (χ1) is 9.37. The first kappa shape index (κ1) is 14.1. The second-order valence-corrected chi connectivity index (χ2v) is 5.53. The van der Waals surface area contributed by atoms with Gasteiger partial charge in [0.1, 0.15) is 11.4 Å². The van der Waals surface area contributed by atoms with Crippen molar-refractivity contribution in [3.63, 3.8) is 0 Å². The summed E-state index contributed by atoms with van der Waals surface area (Å²) in [5.41, 5.74) is 0.0934. The van der Waals surface area contributed by atoms with E-state index >= 15 is 0 Å². The van der Waals surface area contributed by atoms with E-state index in [9.17, 15) is 9.90 Å². The molecule has 0 unspecified atom stereocenters. The molecule has 0 fully saturated rings. The maximum absolute atomic E-state index is 11.6. The molecule has 20 heavy (non-hydrogen) atoms. The van der Waals surface area contributed by atoms with Crippen molar-refractivity contribution < 1.29 is 14.6 Å². The number of alkyl carbamates (subject to hydrolysis) is 1. The number of carbonyl (C=O) groups is 1. The number of pyridine rings is 1. The van der Waals surface area contributed by atoms with Crippen LogP contribution in [0.1, 0.15) is 26.3 Å². The number of aromatic hydroxyl groups is 1. The van der Waals surface area contributed by atoms with Gasteiger partial charge in [0.25, 0.3) is 0 Å². The van der Waals surface area contributed by atoms with Gasteiger partial charge >= 0.3 is 6.09 Å². The molecule has 2 aromatic rings. The van der Waals surface area contributed by atoms with Crippen molar-refractivity contribution in [2.45, 2.75) is 32.9 Å². The Morgan fingerprint density at radius 3 is 2.80 bits per heavy atom. The van der Waals surface area contributed by atoms with E-state index in [-0.39, 0.29) is 12.3 Å². The summed E-state index contributed by atoms with van der Waals surface area (Å²) in [4.78, 5) is 15.6. The van der Waals surface area contributed by atoms with Gasteiger partial charge in [0, 0.05) is 35.3 Å². The number of amides is 1. The zero-order valence-electron chi connectivity index (χ0n) is 11.8. The van der Waals surface area contributed by atoms with Gasteiger partial charge < -0.3 is 15.2 Å². The monoisotopic (exact) mass is 274 g/mol. The minimum Gasteiger partial charge on any atom is -0.507 e. The van der Waals surface area contributed by atoms with E-state index in [1.165, 1.54) is 0 Å². The number of rotatable bonds is 2. The SMILES string of the molecule is CC(C)(C)OC(=O)NCc1ccc2cnccc2c1O. The lowest BCUT2D eigenvalue weighted by molar-refractivity contribution is 0.0523. The number of nitrogens with one attached hydrogen (secondary N) is 1. The maximum atomic E-state index is 11.6. The summed E-state index contributed by atoms with van der Waals surface area (Å²) in [6.45, 7) is 5.60. The van der Waals surface area contributed by atoms with E-state index in [1.807, 2.05) is 6.07 Å². The summed E-state index contributed by atoms with van der Waals surface area (Å²) in [6.07, 6.45) is 2.79. The summed E-state index contributed by atoms with van der Waals surface area (Å²) in [5, 5.41) is 14.4. The molecule has 2 N–H and O–H groups in total. The molecule has 5 nitrogen and oxygen atoms in total. The van der Waals surface area contributed by atoms with Crippen molar-refractivity contribution in [1.82, 2.24) is 10.3 Å². The van der Waals surface area contributed by atoms with E-state index < -0.39 is 11.7 Å². The number of phenolic OH excluding ortho intramolecular Hbond substituents is 1. The number of hydrogen-bond acceptors (Lipinski definition) is 4. The van der Waals surface area contributed by atoms with Crippen molar-refractivity contribution >= 4 is 16.9 Å². The smallest absolute Gasteiger partial charge is 0.407 e. The normalized spacial score (nSPS) is 11.3. The predicted octanol–water partition coefficient (Wildman–Crippen LogP) is 2.97. The van der Waals surface area contributed by atoms with E-state index in [0.29, 0.717) is 10.9 Å². The van der Waals surface area contributed by atoms with Gasteiger partial charge in [0.2, 0.25) is 0 Å². The lowest BCUT2D eigenvalue weighted by Crippen LogP contribution is -2.32. The number of fused-ring (bicyclic) bond motifs is 1. The molecule has 0 aliphatic heterocycles. The van der Waals surface area contributed by atoms with Crippen LogP contribution in [0, 0.1) is 0 Å². The van der Waals surface area contributed by atoms with Crippen LogP contribution < -0.4 is 5.32 Å². The zero-order valence-corrected chi connectivity index (χ0v) is 11.8. The topological polar surface area (TPSA) is 71.5 Å². The fourth-order valence-electron chi connectivity index (χ4n) is 1.82. The highest BCUT2D eigenvalue weighted by atomic mass is 16.6. The number of carbonyl (C=O) groups excluding carboxylic acids is 1. The highest BCUT2D eigenvalue weighted by Gasteiger charge is 2.16. The molecule has 0 saturated heterocycles. The molecule has 0 atom stereocenters. The molecule has 0 aliphatic carbocycles. The molecule has 0 bridgehead atoms. The Kier molecular flexibility index (Phi) is 3.79. The molecule has 1 aromatic carbocycles. The van der Waals surface area contributed by atoms with Crippen LogP contribution in [0.25, 0.3) is 10.8 Å². The third kappa shape index (κ3) is 3.38. The zero-order chi connectivity index (χ0) is 14.8. The standard InChI is InChI=1S/C15H18N2O3/c1-15(2,3)20-14(19)17-9-11-5-4-10-8-16-7-6-12(10)13(11)18/h4-8,18H,9H2,1-3H3,(H,17,19). The van der Waals surface area contributed by atoms with Gasteiger partial charge in [0.05, 0.1) is 0 Å². The Balaban J connectivity index is 2.11. The van der Waals surface area contributed by atoms with Crippen LogP contribution in [-0.4, -0.2) is 21.8 Å². The molecule has 0 aliphatic rings. The van der Waals surface area contributed by atoms with Crippen molar-refractivity contribution in [3.05, 3.63) is 36.2 Å². The highest BCUT2D eigenvalue weighted by molar-refractivity contribution is 5.88. The summed E-state index contributed by atoms with van der Waals surface area (Å²) >= 11 is 0. The Bertz CT molecular complexity index is 633. The van der Waals surface area contributed by atoms with Gasteiger partial charge in [-0.25, -0.2) is 4.79 Å². The van der Waals surface area contributed by atoms with Gasteiger partial charge in [-0.15, -0.1) is 0 Å². The molecular formula is C15H18N2O3. The van der Waals surface area contributed by atoms with E-state index in [4.69, 9.17) is 4.74 Å². The fraction of sp³-hybridized carbons (Fsp3) is 0.333. The van der Waals surface area contributed by atoms with Crippen molar-refractivity contribution in [2.75, 3.05) is 0 Å². The van der Waals surface area contributed by atoms with Gasteiger partial charge in [0.15, 0.2) is 0 Å². The summed E-state index contributed by atoms with van der Waals surface area (Å²) in [6, 6.07) is 5.35. The third-order valence-corrected chi connectivity index (χ3v) is 2.70. The summed E-state index contributed by atoms with van der Waals surface area (Å²) in [7, 11) is 0. The molecule has 1 amide bonds. The lowest BCUT2D eigenvalue weighted by Gasteiger charge is -2.19. The van der Waals surface area contributed by atoms with Crippen LogP contribution in [0.3, 0.4) is 0 Å². The molecular weight excluding hydrogens is 256 g/mol. The van der Waals surface area contributed by atoms with Crippen LogP contribution in [-0.2, 0) is 11.3 Å². The number of phenols is 1. The van der Waals surface area contributed by atoms with Crippen LogP contribution in [0.2, 0.25) is 0 Å². The van der Waals surface area contributed by atoms with Gasteiger partial charge in [-0.1, -0.05) is 12.1 Å².